The Labute approximate surface area is 99.7 Å². The van der Waals surface area contributed by atoms with Gasteiger partial charge in [0.15, 0.2) is 0 Å². The maximum absolute atomic E-state index is 4.60. The average Bonchev–Trinajstić information content (AvgIpc) is 2.07. The van der Waals surface area contributed by atoms with E-state index >= 15 is 0 Å². The van der Waals surface area contributed by atoms with Crippen molar-refractivity contribution < 1.29 is 0 Å². The van der Waals surface area contributed by atoms with Crippen molar-refractivity contribution in [3.8, 4) is 0 Å². The van der Waals surface area contributed by atoms with Gasteiger partial charge in [-0.2, -0.15) is 0 Å². The zero-order chi connectivity index (χ0) is 10.8. The van der Waals surface area contributed by atoms with Crippen LogP contribution >= 0.6 is 22.6 Å². The Kier molecular flexibility index (Phi) is 3.75. The lowest BCUT2D eigenvalue weighted by atomic mass is 9.91. The third kappa shape index (κ3) is 2.83. The van der Waals surface area contributed by atoms with Crippen LogP contribution in [0.5, 0.6) is 0 Å². The van der Waals surface area contributed by atoms with Gasteiger partial charge < -0.3 is 5.32 Å². The summed E-state index contributed by atoms with van der Waals surface area (Å²) in [7, 11) is 0. The molecule has 1 heterocycles. The van der Waals surface area contributed by atoms with E-state index in [1.54, 1.807) is 0 Å². The SMILES string of the molecule is Cc1nc(C(C)(C)C)ccc1NCI. The van der Waals surface area contributed by atoms with Gasteiger partial charge in [0.05, 0.1) is 15.9 Å². The van der Waals surface area contributed by atoms with Gasteiger partial charge in [0.25, 0.3) is 0 Å². The summed E-state index contributed by atoms with van der Waals surface area (Å²) in [6, 6.07) is 4.21. The van der Waals surface area contributed by atoms with Crippen molar-refractivity contribution in [3.63, 3.8) is 0 Å². The molecule has 0 amide bonds. The average molecular weight is 304 g/mol. The molecule has 0 radical (unpaired) electrons. The van der Waals surface area contributed by atoms with Crippen molar-refractivity contribution in [1.82, 2.24) is 4.98 Å². The summed E-state index contributed by atoms with van der Waals surface area (Å²) in [4.78, 5) is 4.60. The second-order valence-corrected chi connectivity index (χ2v) is 5.15. The molecule has 0 aliphatic carbocycles. The Morgan fingerprint density at radius 1 is 1.36 bits per heavy atom. The third-order valence-corrected chi connectivity index (χ3v) is 2.49. The van der Waals surface area contributed by atoms with Crippen LogP contribution in [0.1, 0.15) is 32.2 Å². The van der Waals surface area contributed by atoms with E-state index in [4.69, 9.17) is 0 Å². The summed E-state index contributed by atoms with van der Waals surface area (Å²) in [5, 5.41) is 3.28. The van der Waals surface area contributed by atoms with E-state index in [2.05, 4.69) is 65.8 Å². The summed E-state index contributed by atoms with van der Waals surface area (Å²) in [6.45, 7) is 8.59. The van der Waals surface area contributed by atoms with Gasteiger partial charge in [0.1, 0.15) is 0 Å². The lowest BCUT2D eigenvalue weighted by Crippen LogP contribution is -2.14. The van der Waals surface area contributed by atoms with Crippen molar-refractivity contribution in [2.45, 2.75) is 33.1 Å². The highest BCUT2D eigenvalue weighted by Crippen LogP contribution is 2.23. The molecule has 78 valence electrons. The minimum Gasteiger partial charge on any atom is -0.375 e. The van der Waals surface area contributed by atoms with E-state index in [9.17, 15) is 0 Å². The van der Waals surface area contributed by atoms with Crippen LogP contribution in [-0.2, 0) is 5.41 Å². The summed E-state index contributed by atoms with van der Waals surface area (Å²) < 4.78 is 0.912. The molecular weight excluding hydrogens is 287 g/mol. The highest BCUT2D eigenvalue weighted by molar-refractivity contribution is 14.1. The number of nitrogens with one attached hydrogen (secondary N) is 1. The molecule has 1 aromatic heterocycles. The van der Waals surface area contributed by atoms with Crippen LogP contribution in [0.25, 0.3) is 0 Å². The molecule has 0 bridgehead atoms. The van der Waals surface area contributed by atoms with Gasteiger partial charge >= 0.3 is 0 Å². The van der Waals surface area contributed by atoms with Crippen LogP contribution in [0.15, 0.2) is 12.1 Å². The fourth-order valence-electron chi connectivity index (χ4n) is 1.24. The fourth-order valence-corrected chi connectivity index (χ4v) is 1.65. The van der Waals surface area contributed by atoms with Crippen molar-refractivity contribution in [2.24, 2.45) is 0 Å². The van der Waals surface area contributed by atoms with Crippen LogP contribution in [0.2, 0.25) is 0 Å². The molecule has 1 aromatic rings. The first kappa shape index (κ1) is 11.8. The molecule has 0 saturated heterocycles. The molecular formula is C11H17IN2. The Balaban J connectivity index is 3.01. The molecule has 0 fully saturated rings. The van der Waals surface area contributed by atoms with E-state index in [0.29, 0.717) is 0 Å². The molecule has 0 saturated carbocycles. The van der Waals surface area contributed by atoms with Crippen LogP contribution in [-0.4, -0.2) is 9.54 Å². The Morgan fingerprint density at radius 2 is 2.00 bits per heavy atom. The fraction of sp³-hybridized carbons (Fsp3) is 0.545. The standard InChI is InChI=1S/C11H17IN2/c1-8-9(13-7-12)5-6-10(14-8)11(2,3)4/h5-6,13H,7H2,1-4H3. The monoisotopic (exact) mass is 304 g/mol. The maximum atomic E-state index is 4.60. The first-order chi connectivity index (χ1) is 6.45. The normalized spacial score (nSPS) is 11.5. The molecule has 0 atom stereocenters. The Hall–Kier alpha value is -0.320. The second kappa shape index (κ2) is 4.47. The van der Waals surface area contributed by atoms with E-state index in [-0.39, 0.29) is 5.41 Å². The number of alkyl halides is 1. The molecule has 0 aromatic carbocycles. The van der Waals surface area contributed by atoms with E-state index in [1.165, 1.54) is 0 Å². The largest absolute Gasteiger partial charge is 0.375 e. The van der Waals surface area contributed by atoms with Crippen molar-refractivity contribution in [1.29, 1.82) is 0 Å². The Bertz CT molecular complexity index is 316. The van der Waals surface area contributed by atoms with Gasteiger partial charge in [0, 0.05) is 11.1 Å². The van der Waals surface area contributed by atoms with E-state index in [1.807, 2.05) is 6.92 Å². The van der Waals surface area contributed by atoms with Gasteiger partial charge in [-0.05, 0) is 19.1 Å². The summed E-state index contributed by atoms with van der Waals surface area (Å²) in [5.41, 5.74) is 3.49. The van der Waals surface area contributed by atoms with Crippen molar-refractivity contribution >= 4 is 28.3 Å². The summed E-state index contributed by atoms with van der Waals surface area (Å²) in [6.07, 6.45) is 0. The maximum Gasteiger partial charge on any atom is 0.0671 e. The minimum atomic E-state index is 0.133. The number of anilines is 1. The van der Waals surface area contributed by atoms with Crippen LogP contribution in [0, 0.1) is 6.92 Å². The van der Waals surface area contributed by atoms with Crippen LogP contribution in [0.3, 0.4) is 0 Å². The van der Waals surface area contributed by atoms with Crippen molar-refractivity contribution in [3.05, 3.63) is 23.5 Å². The van der Waals surface area contributed by atoms with E-state index < -0.39 is 0 Å². The van der Waals surface area contributed by atoms with Gasteiger partial charge in [-0.3, -0.25) is 4.98 Å². The predicted octanol–water partition coefficient (Wildman–Crippen LogP) is 3.49. The molecule has 2 nitrogen and oxygen atoms in total. The highest BCUT2D eigenvalue weighted by atomic mass is 127. The first-order valence-corrected chi connectivity index (χ1v) is 6.25. The number of aromatic nitrogens is 1. The van der Waals surface area contributed by atoms with Crippen LogP contribution < -0.4 is 5.32 Å². The quantitative estimate of drug-likeness (QED) is 0.514. The number of rotatable bonds is 2. The first-order valence-electron chi connectivity index (χ1n) is 4.73. The minimum absolute atomic E-state index is 0.133. The highest BCUT2D eigenvalue weighted by Gasteiger charge is 2.15. The number of halogens is 1. The predicted molar refractivity (Wildman–Crippen MR) is 70.2 cm³/mol. The molecule has 0 spiro atoms. The molecule has 1 rings (SSSR count). The Morgan fingerprint density at radius 3 is 2.43 bits per heavy atom. The molecule has 14 heavy (non-hydrogen) atoms. The smallest absolute Gasteiger partial charge is 0.0671 e. The van der Waals surface area contributed by atoms with Gasteiger partial charge in [0.2, 0.25) is 0 Å². The summed E-state index contributed by atoms with van der Waals surface area (Å²) in [5.74, 6) is 0. The zero-order valence-corrected chi connectivity index (χ0v) is 11.3. The van der Waals surface area contributed by atoms with Gasteiger partial charge in [-0.25, -0.2) is 0 Å². The van der Waals surface area contributed by atoms with Crippen molar-refractivity contribution in [2.75, 3.05) is 9.87 Å². The number of nitrogens with zero attached hydrogens (tertiary/aromatic N) is 1. The number of hydrogen-bond donors (Lipinski definition) is 1. The number of pyridine rings is 1. The lowest BCUT2D eigenvalue weighted by molar-refractivity contribution is 0.567. The van der Waals surface area contributed by atoms with Crippen LogP contribution in [0.4, 0.5) is 5.69 Å². The molecule has 0 unspecified atom stereocenters. The number of aryl methyl sites for hydroxylation is 1. The molecule has 0 aliphatic rings. The van der Waals surface area contributed by atoms with Gasteiger partial charge in [-0.1, -0.05) is 43.4 Å². The third-order valence-electron chi connectivity index (χ3n) is 2.11. The molecule has 1 N–H and O–H groups in total. The lowest BCUT2D eigenvalue weighted by Gasteiger charge is -2.19. The zero-order valence-electron chi connectivity index (χ0n) is 9.19. The number of hydrogen-bond acceptors (Lipinski definition) is 2. The molecule has 0 aliphatic heterocycles. The topological polar surface area (TPSA) is 24.9 Å². The van der Waals surface area contributed by atoms with Gasteiger partial charge in [-0.15, -0.1) is 0 Å². The summed E-state index contributed by atoms with van der Waals surface area (Å²) >= 11 is 2.29. The van der Waals surface area contributed by atoms with E-state index in [0.717, 1.165) is 21.6 Å². The second-order valence-electron chi connectivity index (χ2n) is 4.39. The molecule has 3 heteroatoms.